The molecule has 2 rings (SSSR count). The second-order valence-corrected chi connectivity index (χ2v) is 5.48. The fraction of sp³-hybridized carbons (Fsp3) is 0.400. The van der Waals surface area contributed by atoms with Crippen LogP contribution < -0.4 is 0 Å². The Morgan fingerprint density at radius 2 is 1.04 bits per heavy atom. The summed E-state index contributed by atoms with van der Waals surface area (Å²) < 4.78 is 17.0. The molecule has 23 heavy (non-hydrogen) atoms. The first-order valence-electron chi connectivity index (χ1n) is 8.20. The molecule has 3 nitrogen and oxygen atoms in total. The average molecular weight is 314 g/mol. The van der Waals surface area contributed by atoms with Gasteiger partial charge in [0.25, 0.3) is 0 Å². The monoisotopic (exact) mass is 314 g/mol. The Bertz CT molecular complexity index is 478. The molecule has 0 saturated heterocycles. The van der Waals surface area contributed by atoms with Gasteiger partial charge in [-0.15, -0.1) is 0 Å². The van der Waals surface area contributed by atoms with Crippen molar-refractivity contribution in [3.63, 3.8) is 0 Å². The van der Waals surface area contributed by atoms with Gasteiger partial charge >= 0.3 is 0 Å². The van der Waals surface area contributed by atoms with Crippen LogP contribution in [0.2, 0.25) is 0 Å². The van der Waals surface area contributed by atoms with Crippen LogP contribution in [0.3, 0.4) is 0 Å². The van der Waals surface area contributed by atoms with E-state index in [0.717, 1.165) is 12.8 Å². The van der Waals surface area contributed by atoms with Crippen molar-refractivity contribution in [3.8, 4) is 0 Å². The first-order chi connectivity index (χ1) is 11.2. The zero-order valence-electron chi connectivity index (χ0n) is 14.0. The van der Waals surface area contributed by atoms with Crippen LogP contribution in [0.4, 0.5) is 0 Å². The maximum atomic E-state index is 5.68. The molecule has 0 heterocycles. The minimum atomic E-state index is -0.273. The van der Waals surface area contributed by atoms with Gasteiger partial charge in [0.2, 0.25) is 0 Å². The predicted molar refractivity (Wildman–Crippen MR) is 92.2 cm³/mol. The summed E-state index contributed by atoms with van der Waals surface area (Å²) in [5.41, 5.74) is 2.54. The lowest BCUT2D eigenvalue weighted by Crippen LogP contribution is -2.23. The van der Waals surface area contributed by atoms with Crippen molar-refractivity contribution < 1.29 is 14.2 Å². The summed E-state index contributed by atoms with van der Waals surface area (Å²) >= 11 is 0. The van der Waals surface area contributed by atoms with E-state index in [9.17, 15) is 0 Å². The van der Waals surface area contributed by atoms with Gasteiger partial charge < -0.3 is 14.2 Å². The van der Waals surface area contributed by atoms with Crippen LogP contribution >= 0.6 is 0 Å². The van der Waals surface area contributed by atoms with Crippen molar-refractivity contribution in [2.75, 3.05) is 13.2 Å². The minimum Gasteiger partial charge on any atom is -0.352 e. The molecule has 2 unspecified atom stereocenters. The second kappa shape index (κ2) is 10.2. The summed E-state index contributed by atoms with van der Waals surface area (Å²) in [6.45, 7) is 5.09. The third kappa shape index (κ3) is 7.42. The van der Waals surface area contributed by atoms with Crippen LogP contribution in [0.1, 0.15) is 25.0 Å². The molecule has 124 valence electrons. The summed E-state index contributed by atoms with van der Waals surface area (Å²) in [6.07, 6.45) is 1.23. The maximum Gasteiger partial charge on any atom is 0.157 e. The Kier molecular flexibility index (Phi) is 7.81. The zero-order valence-corrected chi connectivity index (χ0v) is 14.0. The highest BCUT2D eigenvalue weighted by molar-refractivity contribution is 5.15. The molecule has 0 aromatic heterocycles. The maximum absolute atomic E-state index is 5.68. The molecule has 0 bridgehead atoms. The number of benzene rings is 2. The summed E-state index contributed by atoms with van der Waals surface area (Å²) in [5.74, 6) is 0. The van der Waals surface area contributed by atoms with Gasteiger partial charge in [-0.05, 0) is 37.8 Å². The molecule has 0 spiro atoms. The largest absolute Gasteiger partial charge is 0.352 e. The van der Waals surface area contributed by atoms with Crippen molar-refractivity contribution in [2.45, 2.75) is 39.3 Å². The van der Waals surface area contributed by atoms with Crippen molar-refractivity contribution in [3.05, 3.63) is 71.8 Å². The molecule has 2 aromatic rings. The Balaban J connectivity index is 1.56. The number of ether oxygens (including phenoxy) is 3. The SMILES string of the molecule is CC(OCCc1ccccc1)OC(C)OCCc1ccccc1. The van der Waals surface area contributed by atoms with Crippen molar-refractivity contribution in [2.24, 2.45) is 0 Å². The van der Waals surface area contributed by atoms with E-state index in [0.29, 0.717) is 13.2 Å². The summed E-state index contributed by atoms with van der Waals surface area (Å²) in [6, 6.07) is 20.6. The third-order valence-corrected chi connectivity index (χ3v) is 3.56. The molecule has 0 radical (unpaired) electrons. The quantitative estimate of drug-likeness (QED) is 0.615. The number of hydrogen-bond donors (Lipinski definition) is 0. The Morgan fingerprint density at radius 3 is 1.43 bits per heavy atom. The lowest BCUT2D eigenvalue weighted by Gasteiger charge is -2.20. The van der Waals surface area contributed by atoms with Gasteiger partial charge in [0, 0.05) is 0 Å². The highest BCUT2D eigenvalue weighted by Crippen LogP contribution is 2.06. The Hall–Kier alpha value is -1.68. The highest BCUT2D eigenvalue weighted by atomic mass is 16.8. The smallest absolute Gasteiger partial charge is 0.157 e. The van der Waals surface area contributed by atoms with Crippen molar-refractivity contribution >= 4 is 0 Å². The van der Waals surface area contributed by atoms with E-state index >= 15 is 0 Å². The van der Waals surface area contributed by atoms with Crippen LogP contribution in [0.5, 0.6) is 0 Å². The lowest BCUT2D eigenvalue weighted by molar-refractivity contribution is -0.230. The van der Waals surface area contributed by atoms with Gasteiger partial charge in [0.15, 0.2) is 12.6 Å². The van der Waals surface area contributed by atoms with Gasteiger partial charge in [-0.25, -0.2) is 0 Å². The minimum absolute atomic E-state index is 0.273. The Labute approximate surface area is 139 Å². The molecule has 0 aliphatic rings. The summed E-state index contributed by atoms with van der Waals surface area (Å²) in [7, 11) is 0. The molecule has 0 aliphatic heterocycles. The molecular formula is C20H26O3. The Morgan fingerprint density at radius 1 is 0.652 bits per heavy atom. The van der Waals surface area contributed by atoms with E-state index in [4.69, 9.17) is 14.2 Å². The first-order valence-corrected chi connectivity index (χ1v) is 8.20. The molecule has 2 aromatic carbocycles. The van der Waals surface area contributed by atoms with Gasteiger partial charge in [-0.3, -0.25) is 0 Å². The van der Waals surface area contributed by atoms with Crippen molar-refractivity contribution in [1.29, 1.82) is 0 Å². The van der Waals surface area contributed by atoms with Crippen LogP contribution in [0.15, 0.2) is 60.7 Å². The number of rotatable bonds is 10. The summed E-state index contributed by atoms with van der Waals surface area (Å²) in [4.78, 5) is 0. The van der Waals surface area contributed by atoms with Crippen molar-refractivity contribution in [1.82, 2.24) is 0 Å². The normalized spacial score (nSPS) is 13.7. The van der Waals surface area contributed by atoms with Crippen LogP contribution in [0, 0.1) is 0 Å². The summed E-state index contributed by atoms with van der Waals surface area (Å²) in [5, 5.41) is 0. The molecule has 3 heteroatoms. The molecule has 2 atom stereocenters. The van der Waals surface area contributed by atoms with Crippen LogP contribution in [0.25, 0.3) is 0 Å². The average Bonchev–Trinajstić information content (AvgIpc) is 2.57. The molecule has 0 amide bonds. The molecule has 0 fully saturated rings. The fourth-order valence-electron chi connectivity index (χ4n) is 2.32. The zero-order chi connectivity index (χ0) is 16.3. The third-order valence-electron chi connectivity index (χ3n) is 3.56. The van der Waals surface area contributed by atoms with Crippen LogP contribution in [-0.4, -0.2) is 25.8 Å². The van der Waals surface area contributed by atoms with E-state index in [2.05, 4.69) is 24.3 Å². The number of hydrogen-bond acceptors (Lipinski definition) is 3. The van der Waals surface area contributed by atoms with E-state index < -0.39 is 0 Å². The van der Waals surface area contributed by atoms with Gasteiger partial charge in [0.1, 0.15) is 0 Å². The van der Waals surface area contributed by atoms with Gasteiger partial charge in [-0.1, -0.05) is 60.7 Å². The standard InChI is InChI=1S/C20H26O3/c1-17(21-15-13-19-9-5-3-6-10-19)23-18(2)22-16-14-20-11-7-4-8-12-20/h3-12,17-18H,13-16H2,1-2H3. The molecule has 0 saturated carbocycles. The van der Waals surface area contributed by atoms with Crippen LogP contribution in [-0.2, 0) is 27.1 Å². The van der Waals surface area contributed by atoms with E-state index in [-0.39, 0.29) is 12.6 Å². The first kappa shape index (κ1) is 17.7. The predicted octanol–water partition coefficient (Wildman–Crippen LogP) is 4.21. The highest BCUT2D eigenvalue weighted by Gasteiger charge is 2.09. The second-order valence-electron chi connectivity index (χ2n) is 5.48. The van der Waals surface area contributed by atoms with Gasteiger partial charge in [0.05, 0.1) is 13.2 Å². The molecule has 0 N–H and O–H groups in total. The molecule has 0 aliphatic carbocycles. The van der Waals surface area contributed by atoms with E-state index in [1.807, 2.05) is 50.2 Å². The van der Waals surface area contributed by atoms with E-state index in [1.54, 1.807) is 0 Å². The topological polar surface area (TPSA) is 27.7 Å². The lowest BCUT2D eigenvalue weighted by atomic mass is 10.2. The molecular weight excluding hydrogens is 288 g/mol. The van der Waals surface area contributed by atoms with Gasteiger partial charge in [-0.2, -0.15) is 0 Å². The fourth-order valence-corrected chi connectivity index (χ4v) is 2.32. The van der Waals surface area contributed by atoms with E-state index in [1.165, 1.54) is 11.1 Å².